The summed E-state index contributed by atoms with van der Waals surface area (Å²) in [5, 5.41) is 0. The van der Waals surface area contributed by atoms with E-state index in [0.717, 1.165) is 5.76 Å². The molecule has 2 aromatic heterocycles. The van der Waals surface area contributed by atoms with Gasteiger partial charge in [-0.3, -0.25) is 0 Å². The molecule has 0 unspecified atom stereocenters. The van der Waals surface area contributed by atoms with Crippen molar-refractivity contribution in [1.29, 1.82) is 0 Å². The third-order valence-corrected chi connectivity index (χ3v) is 2.03. The number of aryl methyl sites for hydroxylation is 2. The van der Waals surface area contributed by atoms with Gasteiger partial charge < -0.3 is 8.83 Å². The molecule has 2 aromatic rings. The molecule has 0 saturated heterocycles. The SMILES string of the molecule is Cc1ccc(-c2cnc(CCCl)o2)o1. The first kappa shape index (κ1) is 9.34. The minimum absolute atomic E-state index is 0.511. The summed E-state index contributed by atoms with van der Waals surface area (Å²) in [5.74, 6) is 3.37. The molecular weight excluding hydrogens is 202 g/mol. The van der Waals surface area contributed by atoms with Gasteiger partial charge in [-0.25, -0.2) is 4.98 Å². The highest BCUT2D eigenvalue weighted by molar-refractivity contribution is 6.17. The molecule has 2 heterocycles. The summed E-state index contributed by atoms with van der Waals surface area (Å²) in [6, 6.07) is 3.75. The normalized spacial score (nSPS) is 10.7. The van der Waals surface area contributed by atoms with Crippen LogP contribution in [0, 0.1) is 6.92 Å². The van der Waals surface area contributed by atoms with Crippen molar-refractivity contribution in [3.63, 3.8) is 0 Å². The van der Waals surface area contributed by atoms with Crippen LogP contribution >= 0.6 is 11.6 Å². The molecule has 0 fully saturated rings. The Kier molecular flexibility index (Phi) is 2.59. The molecule has 4 heteroatoms. The zero-order chi connectivity index (χ0) is 9.97. The summed E-state index contributed by atoms with van der Waals surface area (Å²) in [7, 11) is 0. The zero-order valence-electron chi connectivity index (χ0n) is 7.79. The van der Waals surface area contributed by atoms with E-state index in [2.05, 4.69) is 4.98 Å². The van der Waals surface area contributed by atoms with Crippen molar-refractivity contribution in [1.82, 2.24) is 4.98 Å². The smallest absolute Gasteiger partial charge is 0.196 e. The molecule has 3 nitrogen and oxygen atoms in total. The first-order valence-corrected chi connectivity index (χ1v) is 4.90. The van der Waals surface area contributed by atoms with Gasteiger partial charge in [0.15, 0.2) is 17.4 Å². The Morgan fingerprint density at radius 1 is 1.29 bits per heavy atom. The van der Waals surface area contributed by atoms with E-state index in [0.29, 0.717) is 29.7 Å². The minimum Gasteiger partial charge on any atom is -0.458 e. The lowest BCUT2D eigenvalue weighted by Crippen LogP contribution is -1.83. The third-order valence-electron chi connectivity index (χ3n) is 1.85. The molecule has 2 rings (SSSR count). The maximum absolute atomic E-state index is 5.57. The number of oxazole rings is 1. The highest BCUT2D eigenvalue weighted by Crippen LogP contribution is 2.22. The second-order valence-electron chi connectivity index (χ2n) is 2.97. The van der Waals surface area contributed by atoms with E-state index in [1.165, 1.54) is 0 Å². The minimum atomic E-state index is 0.511. The van der Waals surface area contributed by atoms with Gasteiger partial charge in [-0.2, -0.15) is 0 Å². The molecule has 0 bridgehead atoms. The highest BCUT2D eigenvalue weighted by atomic mass is 35.5. The molecule has 0 amide bonds. The monoisotopic (exact) mass is 211 g/mol. The summed E-state index contributed by atoms with van der Waals surface area (Å²) in [6.45, 7) is 1.89. The Bertz CT molecular complexity index is 419. The van der Waals surface area contributed by atoms with Crippen LogP contribution in [0.3, 0.4) is 0 Å². The van der Waals surface area contributed by atoms with E-state index in [4.69, 9.17) is 20.4 Å². The molecular formula is C10H10ClNO2. The zero-order valence-corrected chi connectivity index (χ0v) is 8.54. The summed E-state index contributed by atoms with van der Waals surface area (Å²) in [4.78, 5) is 4.08. The van der Waals surface area contributed by atoms with Crippen molar-refractivity contribution in [2.75, 3.05) is 5.88 Å². The van der Waals surface area contributed by atoms with Crippen LogP contribution in [0.4, 0.5) is 0 Å². The summed E-state index contributed by atoms with van der Waals surface area (Å²) in [5.41, 5.74) is 0. The average molecular weight is 212 g/mol. The van der Waals surface area contributed by atoms with Crippen LogP contribution in [-0.2, 0) is 6.42 Å². The van der Waals surface area contributed by atoms with Gasteiger partial charge >= 0.3 is 0 Å². The second-order valence-corrected chi connectivity index (χ2v) is 3.35. The number of halogens is 1. The number of alkyl halides is 1. The predicted molar refractivity (Wildman–Crippen MR) is 53.4 cm³/mol. The Morgan fingerprint density at radius 2 is 2.14 bits per heavy atom. The fraction of sp³-hybridized carbons (Fsp3) is 0.300. The van der Waals surface area contributed by atoms with Crippen LogP contribution < -0.4 is 0 Å². The van der Waals surface area contributed by atoms with Crippen molar-refractivity contribution >= 4 is 11.6 Å². The first-order chi connectivity index (χ1) is 6.79. The third kappa shape index (κ3) is 1.82. The van der Waals surface area contributed by atoms with Crippen LogP contribution in [0.25, 0.3) is 11.5 Å². The molecule has 0 atom stereocenters. The topological polar surface area (TPSA) is 39.2 Å². The van der Waals surface area contributed by atoms with E-state index >= 15 is 0 Å². The van der Waals surface area contributed by atoms with Gasteiger partial charge in [-0.05, 0) is 19.1 Å². The van der Waals surface area contributed by atoms with Crippen molar-refractivity contribution in [3.05, 3.63) is 30.0 Å². The van der Waals surface area contributed by atoms with E-state index in [-0.39, 0.29) is 0 Å². The Balaban J connectivity index is 2.24. The van der Waals surface area contributed by atoms with Crippen molar-refractivity contribution < 1.29 is 8.83 Å². The van der Waals surface area contributed by atoms with Gasteiger partial charge in [-0.1, -0.05) is 0 Å². The molecule has 0 aromatic carbocycles. The molecule has 0 aliphatic carbocycles. The number of aromatic nitrogens is 1. The maximum Gasteiger partial charge on any atom is 0.196 e. The standard InChI is InChI=1S/C10H10ClNO2/c1-7-2-3-8(13-7)9-6-12-10(14-9)4-5-11/h2-3,6H,4-5H2,1H3. The van der Waals surface area contributed by atoms with Crippen molar-refractivity contribution in [2.45, 2.75) is 13.3 Å². The quantitative estimate of drug-likeness (QED) is 0.733. The molecule has 0 aliphatic rings. The molecule has 14 heavy (non-hydrogen) atoms. The van der Waals surface area contributed by atoms with Crippen LogP contribution in [0.2, 0.25) is 0 Å². The van der Waals surface area contributed by atoms with Gasteiger partial charge in [0.1, 0.15) is 5.76 Å². The number of hydrogen-bond acceptors (Lipinski definition) is 3. The number of rotatable bonds is 3. The lowest BCUT2D eigenvalue weighted by molar-refractivity contribution is 0.479. The number of furan rings is 1. The van der Waals surface area contributed by atoms with Gasteiger partial charge in [0, 0.05) is 12.3 Å². The Morgan fingerprint density at radius 3 is 2.79 bits per heavy atom. The molecule has 0 aliphatic heterocycles. The van der Waals surface area contributed by atoms with Crippen molar-refractivity contribution in [3.8, 4) is 11.5 Å². The van der Waals surface area contributed by atoms with Gasteiger partial charge in [0.25, 0.3) is 0 Å². The summed E-state index contributed by atoms with van der Waals surface area (Å²) in [6.07, 6.45) is 2.29. The molecule has 0 saturated carbocycles. The van der Waals surface area contributed by atoms with Gasteiger partial charge in [-0.15, -0.1) is 11.6 Å². The number of nitrogens with zero attached hydrogens (tertiary/aromatic N) is 1. The van der Waals surface area contributed by atoms with Crippen LogP contribution in [-0.4, -0.2) is 10.9 Å². The average Bonchev–Trinajstić information content (AvgIpc) is 2.74. The molecule has 0 N–H and O–H groups in total. The Hall–Kier alpha value is -1.22. The summed E-state index contributed by atoms with van der Waals surface area (Å²) < 4.78 is 10.8. The van der Waals surface area contributed by atoms with E-state index in [1.807, 2.05) is 19.1 Å². The molecule has 0 spiro atoms. The lowest BCUT2D eigenvalue weighted by Gasteiger charge is -1.89. The fourth-order valence-corrected chi connectivity index (χ4v) is 1.35. The van der Waals surface area contributed by atoms with Crippen molar-refractivity contribution in [2.24, 2.45) is 0 Å². The Labute approximate surface area is 86.7 Å². The first-order valence-electron chi connectivity index (χ1n) is 4.37. The predicted octanol–water partition coefficient (Wildman–Crippen LogP) is 3.02. The lowest BCUT2D eigenvalue weighted by atomic mass is 10.4. The second kappa shape index (κ2) is 3.88. The van der Waals surface area contributed by atoms with Crippen LogP contribution in [0.1, 0.15) is 11.7 Å². The number of hydrogen-bond donors (Lipinski definition) is 0. The maximum atomic E-state index is 5.57. The molecule has 74 valence electrons. The fourth-order valence-electron chi connectivity index (χ4n) is 1.19. The van der Waals surface area contributed by atoms with E-state index < -0.39 is 0 Å². The van der Waals surface area contributed by atoms with Gasteiger partial charge in [0.2, 0.25) is 0 Å². The van der Waals surface area contributed by atoms with Crippen LogP contribution in [0.5, 0.6) is 0 Å². The summed E-state index contributed by atoms with van der Waals surface area (Å²) >= 11 is 5.57. The van der Waals surface area contributed by atoms with Gasteiger partial charge in [0.05, 0.1) is 6.20 Å². The van der Waals surface area contributed by atoms with Crippen LogP contribution in [0.15, 0.2) is 27.2 Å². The van der Waals surface area contributed by atoms with E-state index in [1.54, 1.807) is 6.20 Å². The molecule has 0 radical (unpaired) electrons. The van der Waals surface area contributed by atoms with E-state index in [9.17, 15) is 0 Å². The largest absolute Gasteiger partial charge is 0.458 e. The highest BCUT2D eigenvalue weighted by Gasteiger charge is 2.08.